The number of para-hydroxylation sites is 1. The van der Waals surface area contributed by atoms with Gasteiger partial charge in [-0.15, -0.1) is 0 Å². The second kappa shape index (κ2) is 10.7. The van der Waals surface area contributed by atoms with Crippen LogP contribution in [0.15, 0.2) is 30.3 Å². The first kappa shape index (κ1) is 21.8. The van der Waals surface area contributed by atoms with Crippen LogP contribution >= 0.6 is 0 Å². The number of hydrogen-bond acceptors (Lipinski definition) is 6. The fraction of sp³-hybridized carbons (Fsp3) is 0.474. The molecule has 9 heteroatoms. The molecule has 0 aromatic heterocycles. The largest absolute Gasteiger partial charge is 0.469 e. The van der Waals surface area contributed by atoms with Crippen molar-refractivity contribution in [3.8, 4) is 5.75 Å². The normalized spacial score (nSPS) is 16.8. The highest BCUT2D eigenvalue weighted by molar-refractivity contribution is 5.87. The number of aliphatic hydroxyl groups excluding tert-OH is 1. The highest BCUT2D eigenvalue weighted by Crippen LogP contribution is 2.23. The van der Waals surface area contributed by atoms with Gasteiger partial charge in [0.25, 0.3) is 5.91 Å². The van der Waals surface area contributed by atoms with Gasteiger partial charge in [-0.1, -0.05) is 30.4 Å². The first-order valence-corrected chi connectivity index (χ1v) is 8.77. The number of rotatable bonds is 8. The fourth-order valence-electron chi connectivity index (χ4n) is 2.81. The Balaban J connectivity index is 2.09. The van der Waals surface area contributed by atoms with E-state index in [1.165, 1.54) is 23.1 Å². The number of esters is 1. The molecule has 1 saturated heterocycles. The summed E-state index contributed by atoms with van der Waals surface area (Å²) in [6, 6.07) is 6.15. The fourth-order valence-corrected chi connectivity index (χ4v) is 2.81. The van der Waals surface area contributed by atoms with Crippen molar-refractivity contribution in [2.45, 2.75) is 19.1 Å². The van der Waals surface area contributed by atoms with Gasteiger partial charge in [-0.3, -0.25) is 9.59 Å². The van der Waals surface area contributed by atoms with Crippen LogP contribution in [0, 0.1) is 5.92 Å². The van der Waals surface area contributed by atoms with Crippen LogP contribution < -0.4 is 4.74 Å². The Hall–Kier alpha value is -2.52. The summed E-state index contributed by atoms with van der Waals surface area (Å²) in [6.07, 6.45) is 1.39. The molecule has 154 valence electrons. The van der Waals surface area contributed by atoms with Crippen molar-refractivity contribution in [1.29, 1.82) is 0 Å². The van der Waals surface area contributed by atoms with Gasteiger partial charge in [0.2, 0.25) is 0 Å². The summed E-state index contributed by atoms with van der Waals surface area (Å²) >= 11 is 0. The molecule has 28 heavy (non-hydrogen) atoms. The number of hydrogen-bond donors (Lipinski definition) is 1. The van der Waals surface area contributed by atoms with E-state index in [2.05, 4.69) is 4.74 Å². The molecular formula is C19H23F2NO6. The van der Waals surface area contributed by atoms with Crippen LogP contribution in [-0.2, 0) is 19.1 Å². The third-order valence-electron chi connectivity index (χ3n) is 4.28. The van der Waals surface area contributed by atoms with E-state index < -0.39 is 30.5 Å². The van der Waals surface area contributed by atoms with Crippen LogP contribution in [0.5, 0.6) is 5.75 Å². The number of allylic oxidation sites excluding steroid dienone is 1. The molecule has 1 heterocycles. The monoisotopic (exact) mass is 399 g/mol. The third-order valence-corrected chi connectivity index (χ3v) is 4.28. The molecule has 0 unspecified atom stereocenters. The average Bonchev–Trinajstić information content (AvgIpc) is 2.71. The van der Waals surface area contributed by atoms with Gasteiger partial charge in [0.05, 0.1) is 26.2 Å². The van der Waals surface area contributed by atoms with Gasteiger partial charge in [0, 0.05) is 18.7 Å². The van der Waals surface area contributed by atoms with Crippen LogP contribution in [0.2, 0.25) is 0 Å². The van der Waals surface area contributed by atoms with Gasteiger partial charge in [-0.2, -0.15) is 8.78 Å². The lowest BCUT2D eigenvalue weighted by molar-refractivity contribution is -0.159. The zero-order chi connectivity index (χ0) is 20.5. The SMILES string of the molecule is COC(=O)[C@H](CC=Cc1ccccc1OC(F)F)[C@H](O)C(=O)N1CCOCC1. The van der Waals surface area contributed by atoms with Gasteiger partial charge in [0.15, 0.2) is 0 Å². The summed E-state index contributed by atoms with van der Waals surface area (Å²) in [7, 11) is 1.16. The van der Waals surface area contributed by atoms with Crippen molar-refractivity contribution in [3.63, 3.8) is 0 Å². The minimum atomic E-state index is -2.97. The van der Waals surface area contributed by atoms with Crippen molar-refractivity contribution in [2.24, 2.45) is 5.92 Å². The van der Waals surface area contributed by atoms with E-state index in [-0.39, 0.29) is 12.2 Å². The first-order chi connectivity index (χ1) is 13.4. The van der Waals surface area contributed by atoms with Gasteiger partial charge >= 0.3 is 12.6 Å². The lowest BCUT2D eigenvalue weighted by Crippen LogP contribution is -2.49. The van der Waals surface area contributed by atoms with Crippen molar-refractivity contribution in [1.82, 2.24) is 4.90 Å². The summed E-state index contributed by atoms with van der Waals surface area (Å²) in [4.78, 5) is 25.9. The Morgan fingerprint density at radius 3 is 2.61 bits per heavy atom. The van der Waals surface area contributed by atoms with Crippen molar-refractivity contribution in [2.75, 3.05) is 33.4 Å². The molecule has 2 atom stereocenters. The first-order valence-electron chi connectivity index (χ1n) is 8.77. The van der Waals surface area contributed by atoms with E-state index in [9.17, 15) is 23.5 Å². The molecule has 0 saturated carbocycles. The lowest BCUT2D eigenvalue weighted by atomic mass is 9.96. The highest BCUT2D eigenvalue weighted by Gasteiger charge is 2.35. The smallest absolute Gasteiger partial charge is 0.387 e. The molecule has 1 aliphatic heterocycles. The van der Waals surface area contributed by atoms with Gasteiger partial charge in [-0.25, -0.2) is 0 Å². The topological polar surface area (TPSA) is 85.3 Å². The number of halogens is 2. The second-order valence-electron chi connectivity index (χ2n) is 6.07. The molecule has 1 N–H and O–H groups in total. The van der Waals surface area contributed by atoms with E-state index in [4.69, 9.17) is 9.47 Å². The number of ether oxygens (including phenoxy) is 3. The number of benzene rings is 1. The minimum absolute atomic E-state index is 0.0201. The van der Waals surface area contributed by atoms with Crippen LogP contribution in [0.25, 0.3) is 6.08 Å². The maximum Gasteiger partial charge on any atom is 0.387 e. The van der Waals surface area contributed by atoms with Crippen molar-refractivity contribution in [3.05, 3.63) is 35.9 Å². The maximum absolute atomic E-state index is 12.5. The summed E-state index contributed by atoms with van der Waals surface area (Å²) in [5, 5.41) is 10.4. The summed E-state index contributed by atoms with van der Waals surface area (Å²) in [5.74, 6) is -2.46. The van der Waals surface area contributed by atoms with Gasteiger partial charge < -0.3 is 24.2 Å². The minimum Gasteiger partial charge on any atom is -0.469 e. The Morgan fingerprint density at radius 2 is 1.96 bits per heavy atom. The summed E-state index contributed by atoms with van der Waals surface area (Å²) < 4.78 is 39.3. The Morgan fingerprint density at radius 1 is 1.29 bits per heavy atom. The average molecular weight is 399 g/mol. The molecule has 0 bridgehead atoms. The molecule has 7 nitrogen and oxygen atoms in total. The molecule has 1 amide bonds. The predicted molar refractivity (Wildman–Crippen MR) is 95.6 cm³/mol. The number of nitrogens with zero attached hydrogens (tertiary/aromatic N) is 1. The number of alkyl halides is 2. The number of carbonyl (C=O) groups is 2. The zero-order valence-electron chi connectivity index (χ0n) is 15.4. The Kier molecular flexibility index (Phi) is 8.34. The number of carbonyl (C=O) groups excluding carboxylic acids is 2. The summed E-state index contributed by atoms with van der Waals surface area (Å²) in [5.41, 5.74) is 0.375. The lowest BCUT2D eigenvalue weighted by Gasteiger charge is -2.30. The van der Waals surface area contributed by atoms with Crippen molar-refractivity contribution < 1.29 is 37.7 Å². The van der Waals surface area contributed by atoms with Crippen LogP contribution in [0.4, 0.5) is 8.78 Å². The van der Waals surface area contributed by atoms with E-state index in [0.717, 1.165) is 7.11 Å². The number of amides is 1. The molecule has 0 spiro atoms. The van der Waals surface area contributed by atoms with E-state index in [1.807, 2.05) is 0 Å². The molecule has 1 aromatic carbocycles. The van der Waals surface area contributed by atoms with E-state index in [1.54, 1.807) is 18.2 Å². The second-order valence-corrected chi connectivity index (χ2v) is 6.07. The van der Waals surface area contributed by atoms with Gasteiger partial charge in [0.1, 0.15) is 11.9 Å². The number of methoxy groups -OCH3 is 1. The van der Waals surface area contributed by atoms with Crippen LogP contribution in [0.3, 0.4) is 0 Å². The number of aliphatic hydroxyl groups is 1. The standard InChI is InChI=1S/C19H23F2NO6/c1-26-18(25)14(16(23)17(24)22-9-11-27-12-10-22)7-4-6-13-5-2-3-8-15(13)28-19(20)21/h2-6,8,14,16,19,23H,7,9-12H2,1H3/t14-,16+/m1/s1. The number of morpholine rings is 1. The van der Waals surface area contributed by atoms with E-state index in [0.29, 0.717) is 31.9 Å². The molecule has 1 aliphatic rings. The molecule has 0 radical (unpaired) electrons. The molecular weight excluding hydrogens is 376 g/mol. The molecule has 2 rings (SSSR count). The zero-order valence-corrected chi connectivity index (χ0v) is 15.4. The van der Waals surface area contributed by atoms with E-state index >= 15 is 0 Å². The third kappa shape index (κ3) is 6.00. The van der Waals surface area contributed by atoms with Crippen LogP contribution in [0.1, 0.15) is 12.0 Å². The quantitative estimate of drug-likeness (QED) is 0.670. The summed E-state index contributed by atoms with van der Waals surface area (Å²) in [6.45, 7) is -1.58. The van der Waals surface area contributed by atoms with Gasteiger partial charge in [-0.05, 0) is 12.5 Å². The molecule has 1 fully saturated rings. The van der Waals surface area contributed by atoms with Crippen LogP contribution in [-0.4, -0.2) is 68.0 Å². The predicted octanol–water partition coefficient (Wildman–Crippen LogP) is 1.70. The molecule has 0 aliphatic carbocycles. The maximum atomic E-state index is 12.5. The van der Waals surface area contributed by atoms with Crippen molar-refractivity contribution >= 4 is 18.0 Å². The molecule has 1 aromatic rings. The highest BCUT2D eigenvalue weighted by atomic mass is 19.3. The Bertz CT molecular complexity index is 691. The Labute approximate surface area is 161 Å².